The van der Waals surface area contributed by atoms with Crippen LogP contribution in [0.4, 0.5) is 0 Å². The minimum Gasteiger partial charge on any atom is -0.342 e. The molecule has 2 heterocycles. The Balaban J connectivity index is 1.70. The number of hydrogen-bond donors (Lipinski definition) is 1. The molecule has 0 saturated heterocycles. The number of aromatic nitrogens is 2. The largest absolute Gasteiger partial charge is 0.342 e. The molecule has 5 nitrogen and oxygen atoms in total. The summed E-state index contributed by atoms with van der Waals surface area (Å²) >= 11 is 0. The molecule has 0 spiro atoms. The van der Waals surface area contributed by atoms with Gasteiger partial charge in [0.05, 0.1) is 11.4 Å². The first-order valence-electron chi connectivity index (χ1n) is 8.93. The first-order chi connectivity index (χ1) is 12.3. The molecule has 0 unspecified atom stereocenters. The van der Waals surface area contributed by atoms with E-state index in [-0.39, 0.29) is 10.9 Å². The molecule has 1 aromatic carbocycles. The van der Waals surface area contributed by atoms with Gasteiger partial charge in [0, 0.05) is 30.2 Å². The van der Waals surface area contributed by atoms with Gasteiger partial charge in [-0.1, -0.05) is 12.1 Å². The highest BCUT2D eigenvalue weighted by molar-refractivity contribution is 7.89. The lowest BCUT2D eigenvalue weighted by atomic mass is 10.1. The summed E-state index contributed by atoms with van der Waals surface area (Å²) in [7, 11) is -1.49. The van der Waals surface area contributed by atoms with E-state index in [0.29, 0.717) is 5.92 Å². The Kier molecular flexibility index (Phi) is 4.12. The van der Waals surface area contributed by atoms with Gasteiger partial charge in [0.25, 0.3) is 0 Å². The molecular weight excluding hydrogens is 346 g/mol. The Morgan fingerprint density at radius 2 is 1.92 bits per heavy atom. The van der Waals surface area contributed by atoms with Crippen molar-refractivity contribution in [3.05, 3.63) is 48.2 Å². The zero-order valence-electron chi connectivity index (χ0n) is 15.2. The van der Waals surface area contributed by atoms with Crippen LogP contribution in [0.15, 0.2) is 47.5 Å². The molecule has 6 heteroatoms. The van der Waals surface area contributed by atoms with Crippen LogP contribution in [-0.2, 0) is 17.1 Å². The highest BCUT2D eigenvalue weighted by atomic mass is 32.2. The van der Waals surface area contributed by atoms with Crippen LogP contribution in [0.3, 0.4) is 0 Å². The molecule has 4 rings (SSSR count). The van der Waals surface area contributed by atoms with E-state index in [4.69, 9.17) is 0 Å². The fraction of sp³-hybridized carbons (Fsp3) is 0.350. The number of sulfonamides is 1. The van der Waals surface area contributed by atoms with Gasteiger partial charge in [-0.05, 0) is 62.4 Å². The number of benzene rings is 1. The number of pyridine rings is 1. The number of nitrogens with one attached hydrogen (secondary N) is 1. The second kappa shape index (κ2) is 6.21. The van der Waals surface area contributed by atoms with Crippen LogP contribution in [0.2, 0.25) is 0 Å². The molecule has 0 aliphatic heterocycles. The highest BCUT2D eigenvalue weighted by Crippen LogP contribution is 2.41. The molecule has 2 aromatic heterocycles. The van der Waals surface area contributed by atoms with Crippen molar-refractivity contribution in [2.24, 2.45) is 7.05 Å². The molecule has 1 saturated carbocycles. The minimum absolute atomic E-state index is 0.154. The van der Waals surface area contributed by atoms with Crippen LogP contribution in [0.5, 0.6) is 0 Å². The Hall–Kier alpha value is -2.18. The second-order valence-corrected chi connectivity index (χ2v) is 9.05. The van der Waals surface area contributed by atoms with Gasteiger partial charge < -0.3 is 4.57 Å². The van der Waals surface area contributed by atoms with Crippen molar-refractivity contribution in [2.75, 3.05) is 0 Å². The van der Waals surface area contributed by atoms with Gasteiger partial charge in [-0.25, -0.2) is 13.1 Å². The van der Waals surface area contributed by atoms with E-state index >= 15 is 0 Å². The fourth-order valence-electron chi connectivity index (χ4n) is 3.33. The van der Waals surface area contributed by atoms with Crippen LogP contribution in [-0.4, -0.2) is 24.0 Å². The Bertz CT molecular complexity index is 1060. The third-order valence-electron chi connectivity index (χ3n) is 4.82. The van der Waals surface area contributed by atoms with E-state index in [0.717, 1.165) is 11.4 Å². The number of nitrogens with zero attached hydrogens (tertiary/aromatic N) is 2. The van der Waals surface area contributed by atoms with Crippen LogP contribution in [0.1, 0.15) is 38.2 Å². The van der Waals surface area contributed by atoms with Gasteiger partial charge in [-0.15, -0.1) is 0 Å². The van der Waals surface area contributed by atoms with Crippen LogP contribution >= 0.6 is 0 Å². The van der Waals surface area contributed by atoms with Gasteiger partial charge in [-0.3, -0.25) is 4.98 Å². The lowest BCUT2D eigenvalue weighted by Gasteiger charge is -2.10. The van der Waals surface area contributed by atoms with E-state index in [9.17, 15) is 8.42 Å². The molecule has 26 heavy (non-hydrogen) atoms. The summed E-state index contributed by atoms with van der Waals surface area (Å²) < 4.78 is 29.2. The molecule has 1 aliphatic carbocycles. The van der Waals surface area contributed by atoms with Gasteiger partial charge in [-0.2, -0.15) is 0 Å². The van der Waals surface area contributed by atoms with Crippen molar-refractivity contribution < 1.29 is 8.42 Å². The molecular formula is C20H23N3O2S. The van der Waals surface area contributed by atoms with Gasteiger partial charge in [0.2, 0.25) is 10.0 Å². The van der Waals surface area contributed by atoms with E-state index < -0.39 is 10.0 Å². The summed E-state index contributed by atoms with van der Waals surface area (Å²) in [6.07, 6.45) is 3.99. The van der Waals surface area contributed by atoms with Crippen LogP contribution < -0.4 is 4.72 Å². The Labute approximate surface area is 154 Å². The third-order valence-corrected chi connectivity index (χ3v) is 6.46. The molecule has 0 bridgehead atoms. The molecule has 1 aliphatic rings. The van der Waals surface area contributed by atoms with Crippen molar-refractivity contribution in [1.82, 2.24) is 14.3 Å². The van der Waals surface area contributed by atoms with Gasteiger partial charge in [0.15, 0.2) is 0 Å². The average Bonchev–Trinajstić information content (AvgIpc) is 3.39. The molecule has 136 valence electrons. The predicted octanol–water partition coefficient (Wildman–Crippen LogP) is 3.80. The zero-order valence-corrected chi connectivity index (χ0v) is 16.0. The maximum absolute atomic E-state index is 12.2. The van der Waals surface area contributed by atoms with Crippen molar-refractivity contribution in [3.8, 4) is 11.4 Å². The topological polar surface area (TPSA) is 64.0 Å². The summed E-state index contributed by atoms with van der Waals surface area (Å²) in [6, 6.07) is 12.0. The van der Waals surface area contributed by atoms with Crippen LogP contribution in [0, 0.1) is 0 Å². The molecule has 3 aromatic rings. The number of aryl methyl sites for hydroxylation is 1. The Morgan fingerprint density at radius 3 is 2.54 bits per heavy atom. The van der Waals surface area contributed by atoms with E-state index in [2.05, 4.69) is 38.5 Å². The SMILES string of the molecule is CC(C)NS(=O)(=O)c1ccc(-c2cc3ccc(C4CC4)cc3n2C)nc1. The van der Waals surface area contributed by atoms with Crippen molar-refractivity contribution in [3.63, 3.8) is 0 Å². The van der Waals surface area contributed by atoms with Crippen molar-refractivity contribution in [2.45, 2.75) is 43.5 Å². The first-order valence-corrected chi connectivity index (χ1v) is 10.4. The number of hydrogen-bond acceptors (Lipinski definition) is 3. The van der Waals surface area contributed by atoms with Gasteiger partial charge in [0.1, 0.15) is 4.90 Å². The normalized spacial score (nSPS) is 15.1. The van der Waals surface area contributed by atoms with E-state index in [1.165, 1.54) is 35.5 Å². The predicted molar refractivity (Wildman–Crippen MR) is 104 cm³/mol. The lowest BCUT2D eigenvalue weighted by Crippen LogP contribution is -2.30. The fourth-order valence-corrected chi connectivity index (χ4v) is 4.53. The lowest BCUT2D eigenvalue weighted by molar-refractivity contribution is 0.569. The number of rotatable bonds is 5. The third kappa shape index (κ3) is 3.15. The summed E-state index contributed by atoms with van der Waals surface area (Å²) in [5.74, 6) is 0.717. The molecule has 0 radical (unpaired) electrons. The average molecular weight is 369 g/mol. The molecule has 1 fully saturated rings. The molecule has 1 N–H and O–H groups in total. The highest BCUT2D eigenvalue weighted by Gasteiger charge is 2.24. The van der Waals surface area contributed by atoms with E-state index in [1.807, 2.05) is 7.05 Å². The van der Waals surface area contributed by atoms with Crippen molar-refractivity contribution >= 4 is 20.9 Å². The summed E-state index contributed by atoms with van der Waals surface area (Å²) in [5.41, 5.74) is 4.33. The van der Waals surface area contributed by atoms with Crippen LogP contribution in [0.25, 0.3) is 22.3 Å². The maximum Gasteiger partial charge on any atom is 0.242 e. The Morgan fingerprint density at radius 1 is 1.15 bits per heavy atom. The zero-order chi connectivity index (χ0) is 18.5. The monoisotopic (exact) mass is 369 g/mol. The maximum atomic E-state index is 12.2. The first kappa shape index (κ1) is 17.2. The minimum atomic E-state index is -3.52. The quantitative estimate of drug-likeness (QED) is 0.744. The molecule has 0 amide bonds. The summed E-state index contributed by atoms with van der Waals surface area (Å²) in [6.45, 7) is 3.59. The number of fused-ring (bicyclic) bond motifs is 1. The smallest absolute Gasteiger partial charge is 0.242 e. The van der Waals surface area contributed by atoms with E-state index in [1.54, 1.807) is 26.0 Å². The second-order valence-electron chi connectivity index (χ2n) is 7.34. The van der Waals surface area contributed by atoms with Crippen molar-refractivity contribution in [1.29, 1.82) is 0 Å². The summed E-state index contributed by atoms with van der Waals surface area (Å²) in [4.78, 5) is 4.59. The van der Waals surface area contributed by atoms with Gasteiger partial charge >= 0.3 is 0 Å². The standard InChI is InChI=1S/C20H23N3O2S/c1-13(2)22-26(24,25)17-8-9-18(21-12-17)20-11-16-7-6-15(14-4-5-14)10-19(16)23(20)3/h6-14,22H,4-5H2,1-3H3. The summed E-state index contributed by atoms with van der Waals surface area (Å²) in [5, 5.41) is 1.17. The molecule has 0 atom stereocenters.